The highest BCUT2D eigenvalue weighted by Crippen LogP contribution is 2.25. The Morgan fingerprint density at radius 3 is 1.59 bits per heavy atom. The Bertz CT molecular complexity index is 2430. The molecule has 11 N–H and O–H groups in total. The number of amides is 4. The summed E-state index contributed by atoms with van der Waals surface area (Å²) in [6.07, 6.45) is 4.13. The number of hydrogen-bond donors (Lipinski definition) is 8. The Balaban J connectivity index is 0.000000257. The zero-order chi connectivity index (χ0) is 52.5. The van der Waals surface area contributed by atoms with Gasteiger partial charge in [0.15, 0.2) is 22.4 Å². The van der Waals surface area contributed by atoms with Gasteiger partial charge < -0.3 is 62.7 Å². The van der Waals surface area contributed by atoms with Crippen LogP contribution in [0.3, 0.4) is 0 Å². The van der Waals surface area contributed by atoms with Crippen LogP contribution in [-0.2, 0) is 31.8 Å². The molecule has 0 bridgehead atoms. The highest BCUT2D eigenvalue weighted by molar-refractivity contribution is 6.29. The average molecular weight is 1010 g/mol. The highest BCUT2D eigenvalue weighted by atomic mass is 35.5. The van der Waals surface area contributed by atoms with E-state index in [9.17, 15) is 19.2 Å². The Morgan fingerprint density at radius 1 is 0.648 bits per heavy atom. The van der Waals surface area contributed by atoms with E-state index >= 15 is 0 Å². The molecule has 2 saturated heterocycles. The lowest BCUT2D eigenvalue weighted by Gasteiger charge is -2.33. The van der Waals surface area contributed by atoms with Crippen LogP contribution in [0, 0.1) is 13.8 Å². The molecule has 388 valence electrons. The smallest absolute Gasteiger partial charge is 0.408 e. The van der Waals surface area contributed by atoms with Crippen molar-refractivity contribution in [3.05, 3.63) is 75.5 Å². The van der Waals surface area contributed by atoms with Gasteiger partial charge in [0, 0.05) is 42.8 Å². The van der Waals surface area contributed by atoms with E-state index in [4.69, 9.17) is 47.7 Å². The normalized spacial score (nSPS) is 17.7. The largest absolute Gasteiger partial charge is 0.444 e. The monoisotopic (exact) mass is 1010 g/mol. The van der Waals surface area contributed by atoms with E-state index in [1.807, 2.05) is 58.9 Å². The fraction of sp³-hybridized carbons (Fsp3) is 0.542. The third kappa shape index (κ3) is 20.0. The van der Waals surface area contributed by atoms with Gasteiger partial charge in [0.1, 0.15) is 22.8 Å². The van der Waals surface area contributed by atoms with Crippen molar-refractivity contribution in [3.8, 4) is 0 Å². The van der Waals surface area contributed by atoms with Crippen molar-refractivity contribution < 1.29 is 38.1 Å². The number of nitrogens with two attached hydrogens (primary N) is 3. The second-order valence-corrected chi connectivity index (χ2v) is 19.5. The number of anilines is 5. The molecular weight excluding hydrogens is 936 g/mol. The molecule has 0 aliphatic carbocycles. The summed E-state index contributed by atoms with van der Waals surface area (Å²) < 4.78 is 21.3. The van der Waals surface area contributed by atoms with Crippen LogP contribution < -0.4 is 43.8 Å². The predicted molar refractivity (Wildman–Crippen MR) is 271 cm³/mol. The van der Waals surface area contributed by atoms with Crippen LogP contribution in [0.4, 0.5) is 38.4 Å². The number of nitrogens with one attached hydrogen (secondary N) is 5. The Hall–Kier alpha value is -6.49. The van der Waals surface area contributed by atoms with Gasteiger partial charge in [0.05, 0.1) is 42.7 Å². The van der Waals surface area contributed by atoms with Gasteiger partial charge in [-0.05, 0) is 116 Å². The molecule has 71 heavy (non-hydrogen) atoms. The van der Waals surface area contributed by atoms with E-state index in [0.29, 0.717) is 61.7 Å². The van der Waals surface area contributed by atoms with E-state index in [0.717, 1.165) is 54.6 Å². The summed E-state index contributed by atoms with van der Waals surface area (Å²) in [5.41, 5.74) is 20.4. The van der Waals surface area contributed by atoms with E-state index in [2.05, 4.69) is 70.8 Å². The number of alkyl carbamates (subject to hydrolysis) is 2. The summed E-state index contributed by atoms with van der Waals surface area (Å²) in [5.74, 6) is 0.240. The van der Waals surface area contributed by atoms with Crippen molar-refractivity contribution in [2.45, 2.75) is 143 Å². The van der Waals surface area contributed by atoms with Crippen molar-refractivity contribution in [1.29, 1.82) is 0 Å². The second-order valence-electron chi connectivity index (χ2n) is 19.1. The number of halogens is 1. The van der Waals surface area contributed by atoms with Gasteiger partial charge >= 0.3 is 12.2 Å². The lowest BCUT2D eigenvalue weighted by Crippen LogP contribution is -2.54. The maximum absolute atomic E-state index is 12.3. The number of aryl methyl sites for hydroxylation is 4. The molecule has 2 fully saturated rings. The Morgan fingerprint density at radius 2 is 1.11 bits per heavy atom. The summed E-state index contributed by atoms with van der Waals surface area (Å²) in [4.78, 5) is 56.2. The van der Waals surface area contributed by atoms with Crippen LogP contribution in [-0.4, -0.2) is 116 Å². The van der Waals surface area contributed by atoms with Crippen LogP contribution >= 0.6 is 11.6 Å². The number of hydrogen-bond acceptors (Lipinski definition) is 18. The SMILES string of the molecule is CC(C)(C)OC(=O)N[C@H]1COCC[C@H]1N.CCCc1cc(C)cc(Nc2cc(Cl)nnc2C(N)=O)n1.CCCc1cc(C)cc(Nc2cc(N[C@@H]3CCOC[C@@H]3NC(=O)OC(C)(C)C)nnc2C(N)=O)n1. The fourth-order valence-corrected chi connectivity index (χ4v) is 7.25. The molecule has 0 unspecified atom stereocenters. The number of carbonyl (C=O) groups excluding carboxylic acids is 4. The minimum Gasteiger partial charge on any atom is -0.444 e. The van der Waals surface area contributed by atoms with Crippen LogP contribution in [0.2, 0.25) is 5.15 Å². The Kier molecular flexibility index (Phi) is 21.4. The van der Waals surface area contributed by atoms with Gasteiger partial charge in [-0.1, -0.05) is 38.3 Å². The summed E-state index contributed by atoms with van der Waals surface area (Å²) in [5, 5.41) is 30.7. The van der Waals surface area contributed by atoms with Gasteiger partial charge in [-0.3, -0.25) is 9.59 Å². The second kappa shape index (κ2) is 26.6. The molecule has 2 aliphatic heterocycles. The van der Waals surface area contributed by atoms with E-state index in [1.165, 1.54) is 6.07 Å². The number of primary amides is 2. The zero-order valence-electron chi connectivity index (χ0n) is 42.4. The van der Waals surface area contributed by atoms with Gasteiger partial charge in [0.25, 0.3) is 11.8 Å². The molecule has 0 spiro atoms. The maximum atomic E-state index is 12.3. The molecule has 4 atom stereocenters. The minimum absolute atomic E-state index is 0.00584. The van der Waals surface area contributed by atoms with E-state index < -0.39 is 35.2 Å². The van der Waals surface area contributed by atoms with Crippen LogP contribution in [0.15, 0.2) is 36.4 Å². The predicted octanol–water partition coefficient (Wildman–Crippen LogP) is 6.32. The standard InChI is InChI=1S/C24H35N7O4.C14H16ClN5O.C10H20N2O3/c1-6-7-15-10-14(2)11-19(26-15)28-17-12-20(30-31-21(17)22(25)32)27-16-8-9-34-13-18(16)29-23(33)35-24(3,4)5;1-3-4-9-5-8(2)6-12(17-9)18-10-7-11(15)19-20-13(10)14(16)21;1-10(2,3)15-9(13)12-8-6-14-5-4-7(8)11/h10-12,16,18H,6-9,13H2,1-5H3,(H2,25,32)(H,29,33)(H2,26,27,28,30);5-7H,3-4H2,1-2H3,(H2,16,21)(H,17,18,19);7-8H,4-6,11H2,1-3H3,(H,12,13)/t16-,18+;;7-,8+/m1.1/s1. The minimum atomic E-state index is -0.705. The van der Waals surface area contributed by atoms with Gasteiger partial charge in [-0.15, -0.1) is 20.4 Å². The number of aromatic nitrogens is 6. The number of pyridine rings is 2. The van der Waals surface area contributed by atoms with Crippen molar-refractivity contribution in [2.75, 3.05) is 42.4 Å². The van der Waals surface area contributed by atoms with Gasteiger partial charge in [0.2, 0.25) is 0 Å². The van der Waals surface area contributed by atoms with Gasteiger partial charge in [-0.2, -0.15) is 0 Å². The third-order valence-corrected chi connectivity index (χ3v) is 10.3. The number of nitrogens with zero attached hydrogens (tertiary/aromatic N) is 6. The van der Waals surface area contributed by atoms with E-state index in [1.54, 1.807) is 26.8 Å². The first-order chi connectivity index (χ1) is 33.4. The Labute approximate surface area is 420 Å². The summed E-state index contributed by atoms with van der Waals surface area (Å²) in [6, 6.07) is 10.3. The molecule has 4 aromatic rings. The molecule has 0 aromatic carbocycles. The molecule has 6 rings (SSSR count). The molecule has 4 amide bonds. The van der Waals surface area contributed by atoms with E-state index in [-0.39, 0.29) is 40.7 Å². The topological polar surface area (TPSA) is 321 Å². The van der Waals surface area contributed by atoms with Gasteiger partial charge in [-0.25, -0.2) is 19.6 Å². The number of rotatable bonds is 14. The molecule has 23 heteroatoms. The maximum Gasteiger partial charge on any atom is 0.408 e. The molecule has 22 nitrogen and oxygen atoms in total. The number of ether oxygens (including phenoxy) is 4. The molecule has 0 saturated carbocycles. The van der Waals surface area contributed by atoms with Crippen LogP contribution in [0.25, 0.3) is 0 Å². The molecule has 4 aromatic heterocycles. The van der Waals surface area contributed by atoms with Crippen molar-refractivity contribution >= 4 is 64.4 Å². The average Bonchev–Trinajstić information content (AvgIpc) is 3.24. The summed E-state index contributed by atoms with van der Waals surface area (Å²) in [7, 11) is 0. The van der Waals surface area contributed by atoms with Crippen LogP contribution in [0.1, 0.15) is 125 Å². The fourth-order valence-electron chi connectivity index (χ4n) is 7.10. The lowest BCUT2D eigenvalue weighted by molar-refractivity contribution is 0.0297. The number of carbonyl (C=O) groups is 4. The third-order valence-electron chi connectivity index (χ3n) is 10.1. The molecule has 6 heterocycles. The summed E-state index contributed by atoms with van der Waals surface area (Å²) in [6.45, 7) is 21.0. The quantitative estimate of drug-likeness (QED) is 0.0684. The first kappa shape index (κ1) is 57.1. The first-order valence-electron chi connectivity index (χ1n) is 23.6. The van der Waals surface area contributed by atoms with Crippen LogP contribution in [0.5, 0.6) is 0 Å². The first-order valence-corrected chi connectivity index (χ1v) is 24.0. The molecular formula is C48H71ClN14O8. The van der Waals surface area contributed by atoms with Crippen molar-refractivity contribution in [3.63, 3.8) is 0 Å². The molecule has 2 aliphatic rings. The summed E-state index contributed by atoms with van der Waals surface area (Å²) >= 11 is 5.81. The van der Waals surface area contributed by atoms with Crippen molar-refractivity contribution in [2.24, 2.45) is 17.2 Å². The lowest BCUT2D eigenvalue weighted by atomic mass is 10.0. The zero-order valence-corrected chi connectivity index (χ0v) is 43.2. The highest BCUT2D eigenvalue weighted by Gasteiger charge is 2.30. The molecule has 0 radical (unpaired) electrons. The van der Waals surface area contributed by atoms with Crippen molar-refractivity contribution in [1.82, 2.24) is 41.0 Å².